The second-order valence-corrected chi connectivity index (χ2v) is 8.72. The number of halogens is 1. The number of nitrogens with zero attached hydrogens (tertiary/aromatic N) is 2. The van der Waals surface area contributed by atoms with E-state index in [0.717, 1.165) is 33.2 Å². The Bertz CT molecular complexity index is 1120. The van der Waals surface area contributed by atoms with Crippen LogP contribution in [0.1, 0.15) is 17.2 Å². The molecule has 2 N–H and O–H groups in total. The van der Waals surface area contributed by atoms with Crippen molar-refractivity contribution >= 4 is 39.0 Å². The Labute approximate surface area is 180 Å². The molecule has 0 spiro atoms. The molecule has 0 aliphatic carbocycles. The fourth-order valence-corrected chi connectivity index (χ4v) is 4.72. The van der Waals surface area contributed by atoms with Gasteiger partial charge in [0.05, 0.1) is 26.0 Å². The van der Waals surface area contributed by atoms with E-state index < -0.39 is 0 Å². The van der Waals surface area contributed by atoms with Gasteiger partial charge in [-0.3, -0.25) is 0 Å². The molecule has 2 aromatic carbocycles. The highest BCUT2D eigenvalue weighted by Crippen LogP contribution is 2.36. The Balaban J connectivity index is 1.68. The molecule has 4 nitrogen and oxygen atoms in total. The Kier molecular flexibility index (Phi) is 5.81. The number of nitrogens with one attached hydrogen (secondary N) is 2. The van der Waals surface area contributed by atoms with Gasteiger partial charge in [-0.1, -0.05) is 59.6 Å². The number of likely N-dealkylation sites (N-methyl/N-ethyl adjacent to an activating group) is 1. The van der Waals surface area contributed by atoms with Crippen molar-refractivity contribution in [3.63, 3.8) is 0 Å². The summed E-state index contributed by atoms with van der Waals surface area (Å²) >= 11 is 8.12. The van der Waals surface area contributed by atoms with Crippen molar-refractivity contribution in [3.05, 3.63) is 76.4 Å². The summed E-state index contributed by atoms with van der Waals surface area (Å²) in [4.78, 5) is 11.3. The monoisotopic (exact) mass is 423 g/mol. The van der Waals surface area contributed by atoms with Gasteiger partial charge in [-0.15, -0.1) is 11.3 Å². The first-order chi connectivity index (χ1) is 14.0. The predicted molar refractivity (Wildman–Crippen MR) is 123 cm³/mol. The first-order valence-corrected chi connectivity index (χ1v) is 10.9. The van der Waals surface area contributed by atoms with Crippen LogP contribution in [0.5, 0.6) is 0 Å². The first kappa shape index (κ1) is 19.8. The van der Waals surface area contributed by atoms with Gasteiger partial charge in [0, 0.05) is 21.5 Å². The van der Waals surface area contributed by atoms with Crippen molar-refractivity contribution in [3.8, 4) is 11.1 Å². The van der Waals surface area contributed by atoms with Crippen LogP contribution in [0.25, 0.3) is 21.3 Å². The number of aryl methyl sites for hydroxylation is 1. The molecule has 2 heterocycles. The fraction of sp³-hybridized carbons (Fsp3) is 0.217. The molecular formula is C23H24ClN4S+. The van der Waals surface area contributed by atoms with Gasteiger partial charge in [0.2, 0.25) is 0 Å². The van der Waals surface area contributed by atoms with Crippen LogP contribution in [0.4, 0.5) is 5.82 Å². The molecule has 0 fully saturated rings. The van der Waals surface area contributed by atoms with Gasteiger partial charge in [-0.25, -0.2) is 9.97 Å². The van der Waals surface area contributed by atoms with Gasteiger partial charge in [0.1, 0.15) is 23.0 Å². The summed E-state index contributed by atoms with van der Waals surface area (Å²) in [6, 6.07) is 16.8. The highest BCUT2D eigenvalue weighted by atomic mass is 35.5. The largest absolute Gasteiger partial charge is 0.363 e. The topological polar surface area (TPSA) is 42.2 Å². The summed E-state index contributed by atoms with van der Waals surface area (Å²) in [7, 11) is 4.29. The molecule has 0 aliphatic heterocycles. The molecule has 148 valence electrons. The number of aromatic nitrogens is 2. The molecule has 0 unspecified atom stereocenters. The second-order valence-electron chi connectivity index (χ2n) is 7.45. The van der Waals surface area contributed by atoms with E-state index >= 15 is 0 Å². The van der Waals surface area contributed by atoms with Crippen LogP contribution in [-0.2, 0) is 0 Å². The summed E-state index contributed by atoms with van der Waals surface area (Å²) in [6.45, 7) is 2.82. The molecule has 0 aliphatic rings. The van der Waals surface area contributed by atoms with Gasteiger partial charge in [0.15, 0.2) is 0 Å². The molecular weight excluding hydrogens is 400 g/mol. The lowest BCUT2D eigenvalue weighted by molar-refractivity contribution is -0.890. The number of quaternary nitrogens is 1. The van der Waals surface area contributed by atoms with Gasteiger partial charge in [-0.05, 0) is 18.6 Å². The highest BCUT2D eigenvalue weighted by Gasteiger charge is 2.21. The van der Waals surface area contributed by atoms with E-state index in [9.17, 15) is 0 Å². The zero-order chi connectivity index (χ0) is 20.4. The van der Waals surface area contributed by atoms with Crippen molar-refractivity contribution in [2.75, 3.05) is 26.0 Å². The minimum Gasteiger partial charge on any atom is -0.363 e. The highest BCUT2D eigenvalue weighted by molar-refractivity contribution is 7.17. The summed E-state index contributed by atoms with van der Waals surface area (Å²) in [6.07, 6.45) is 1.63. The molecule has 0 bridgehead atoms. The van der Waals surface area contributed by atoms with Gasteiger partial charge in [-0.2, -0.15) is 0 Å². The van der Waals surface area contributed by atoms with E-state index in [1.807, 2.05) is 18.2 Å². The molecule has 29 heavy (non-hydrogen) atoms. The molecule has 0 saturated heterocycles. The normalized spacial score (nSPS) is 12.4. The Hall–Kier alpha value is -2.47. The van der Waals surface area contributed by atoms with Crippen LogP contribution < -0.4 is 10.2 Å². The van der Waals surface area contributed by atoms with Gasteiger partial charge >= 0.3 is 0 Å². The SMILES string of the molecule is Cc1ccc(-c2csc3ncnc(NC[C@@H](c4ccccc4Cl)[NH+](C)C)c23)cc1. The maximum Gasteiger partial charge on any atom is 0.139 e. The first-order valence-electron chi connectivity index (χ1n) is 9.62. The smallest absolute Gasteiger partial charge is 0.139 e. The molecule has 4 rings (SSSR count). The van der Waals surface area contributed by atoms with Crippen LogP contribution in [0, 0.1) is 6.92 Å². The van der Waals surface area contributed by atoms with Crippen molar-refractivity contribution in [1.82, 2.24) is 9.97 Å². The molecule has 1 atom stereocenters. The average molecular weight is 424 g/mol. The van der Waals surface area contributed by atoms with Gasteiger partial charge in [0.25, 0.3) is 0 Å². The maximum absolute atomic E-state index is 6.48. The number of benzene rings is 2. The Morgan fingerprint density at radius 2 is 1.83 bits per heavy atom. The van der Waals surface area contributed by atoms with Crippen LogP contribution in [0.2, 0.25) is 5.02 Å². The number of rotatable bonds is 6. The van der Waals surface area contributed by atoms with Crippen molar-refractivity contribution in [1.29, 1.82) is 0 Å². The lowest BCUT2D eigenvalue weighted by Gasteiger charge is -2.23. The molecule has 0 saturated carbocycles. The number of anilines is 1. The fourth-order valence-electron chi connectivity index (χ4n) is 3.54. The van der Waals surface area contributed by atoms with E-state index in [4.69, 9.17) is 11.6 Å². The summed E-state index contributed by atoms with van der Waals surface area (Å²) in [5.41, 5.74) is 4.73. The number of fused-ring (bicyclic) bond motifs is 1. The summed E-state index contributed by atoms with van der Waals surface area (Å²) in [5.74, 6) is 0.866. The van der Waals surface area contributed by atoms with Crippen molar-refractivity contribution < 1.29 is 4.90 Å². The quantitative estimate of drug-likeness (QED) is 0.475. The van der Waals surface area contributed by atoms with Crippen molar-refractivity contribution in [2.24, 2.45) is 0 Å². The number of hydrogen-bond acceptors (Lipinski definition) is 4. The lowest BCUT2D eigenvalue weighted by Crippen LogP contribution is -3.06. The Morgan fingerprint density at radius 3 is 2.55 bits per heavy atom. The summed E-state index contributed by atoms with van der Waals surface area (Å²) in [5, 5.41) is 7.62. The zero-order valence-corrected chi connectivity index (χ0v) is 18.3. The predicted octanol–water partition coefficient (Wildman–Crippen LogP) is 4.62. The van der Waals surface area contributed by atoms with Crippen LogP contribution in [0.15, 0.2) is 60.2 Å². The third-order valence-electron chi connectivity index (χ3n) is 5.18. The van der Waals surface area contributed by atoms with E-state index in [1.54, 1.807) is 17.7 Å². The number of thiophene rings is 1. The van der Waals surface area contributed by atoms with Crippen molar-refractivity contribution in [2.45, 2.75) is 13.0 Å². The average Bonchev–Trinajstić information content (AvgIpc) is 3.15. The number of hydrogen-bond donors (Lipinski definition) is 2. The maximum atomic E-state index is 6.48. The molecule has 6 heteroatoms. The third-order valence-corrected chi connectivity index (χ3v) is 6.41. The molecule has 2 aromatic heterocycles. The third kappa shape index (κ3) is 4.13. The minimum absolute atomic E-state index is 0.204. The molecule has 0 amide bonds. The molecule has 0 radical (unpaired) electrons. The standard InChI is InChI=1S/C23H23ClN4S/c1-15-8-10-16(11-9-15)18-13-29-23-21(18)22(26-14-27-23)25-12-20(28(2)3)17-6-4-5-7-19(17)24/h4-11,13-14,20H,12H2,1-3H3,(H,25,26,27)/p+1/t20-/m0/s1. The van der Waals surface area contributed by atoms with E-state index in [0.29, 0.717) is 0 Å². The van der Waals surface area contributed by atoms with Crippen LogP contribution in [0.3, 0.4) is 0 Å². The van der Waals surface area contributed by atoms with Crippen LogP contribution >= 0.6 is 22.9 Å². The van der Waals surface area contributed by atoms with E-state index in [1.165, 1.54) is 21.6 Å². The second kappa shape index (κ2) is 8.49. The minimum atomic E-state index is 0.204. The summed E-state index contributed by atoms with van der Waals surface area (Å²) < 4.78 is 0. The van der Waals surface area contributed by atoms with E-state index in [-0.39, 0.29) is 6.04 Å². The Morgan fingerprint density at radius 1 is 1.07 bits per heavy atom. The zero-order valence-electron chi connectivity index (χ0n) is 16.7. The van der Waals surface area contributed by atoms with Gasteiger partial charge < -0.3 is 10.2 Å². The van der Waals surface area contributed by atoms with Crippen LogP contribution in [-0.4, -0.2) is 30.6 Å². The lowest BCUT2D eigenvalue weighted by atomic mass is 10.0. The molecule has 4 aromatic rings. The van der Waals surface area contributed by atoms with E-state index in [2.05, 4.69) is 72.0 Å².